The average Bonchev–Trinajstić information content (AvgIpc) is 2.26. The largest absolute Gasteiger partial charge is 0.504 e. The molecule has 15 heavy (non-hydrogen) atoms. The Morgan fingerprint density at radius 2 is 2.20 bits per heavy atom. The minimum atomic E-state index is -0.111. The fourth-order valence-corrected chi connectivity index (χ4v) is 1.58. The van der Waals surface area contributed by atoms with E-state index < -0.39 is 0 Å². The number of hydrogen-bond donors (Lipinski definition) is 2. The second kappa shape index (κ2) is 5.61. The van der Waals surface area contributed by atoms with Crippen LogP contribution in [0.4, 0.5) is 0 Å². The SMILES string of the molecule is CCCC[C@@H](N)c1cccc(OC)c1O. The number of unbranched alkanes of at least 4 members (excludes halogenated alkanes) is 1. The molecule has 0 spiro atoms. The van der Waals surface area contributed by atoms with Gasteiger partial charge in [0.15, 0.2) is 11.5 Å². The highest BCUT2D eigenvalue weighted by Crippen LogP contribution is 2.33. The highest BCUT2D eigenvalue weighted by Gasteiger charge is 2.13. The molecule has 0 aliphatic rings. The topological polar surface area (TPSA) is 55.5 Å². The number of rotatable bonds is 5. The molecule has 3 N–H and O–H groups in total. The van der Waals surface area contributed by atoms with Crippen LogP contribution in [0.2, 0.25) is 0 Å². The third-order valence-electron chi connectivity index (χ3n) is 2.52. The van der Waals surface area contributed by atoms with Gasteiger partial charge in [0, 0.05) is 11.6 Å². The number of benzene rings is 1. The van der Waals surface area contributed by atoms with Crippen LogP contribution in [-0.4, -0.2) is 12.2 Å². The van der Waals surface area contributed by atoms with Crippen LogP contribution in [0.3, 0.4) is 0 Å². The van der Waals surface area contributed by atoms with Gasteiger partial charge in [0.25, 0.3) is 0 Å². The van der Waals surface area contributed by atoms with Crippen molar-refractivity contribution < 1.29 is 9.84 Å². The van der Waals surface area contributed by atoms with Crippen molar-refractivity contribution in [1.29, 1.82) is 0 Å². The van der Waals surface area contributed by atoms with Gasteiger partial charge in [-0.1, -0.05) is 31.9 Å². The van der Waals surface area contributed by atoms with E-state index in [1.165, 1.54) is 7.11 Å². The molecule has 0 amide bonds. The Morgan fingerprint density at radius 3 is 2.80 bits per heavy atom. The summed E-state index contributed by atoms with van der Waals surface area (Å²) in [5, 5.41) is 9.85. The van der Waals surface area contributed by atoms with E-state index in [0.29, 0.717) is 5.75 Å². The van der Waals surface area contributed by atoms with Gasteiger partial charge in [-0.15, -0.1) is 0 Å². The van der Waals surface area contributed by atoms with Gasteiger partial charge < -0.3 is 15.6 Å². The van der Waals surface area contributed by atoms with Crippen LogP contribution >= 0.6 is 0 Å². The van der Waals surface area contributed by atoms with Gasteiger partial charge >= 0.3 is 0 Å². The first kappa shape index (κ1) is 11.9. The number of hydrogen-bond acceptors (Lipinski definition) is 3. The fraction of sp³-hybridized carbons (Fsp3) is 0.500. The third-order valence-corrected chi connectivity index (χ3v) is 2.52. The predicted octanol–water partition coefficient (Wildman–Crippen LogP) is 2.59. The highest BCUT2D eigenvalue weighted by molar-refractivity contribution is 5.46. The predicted molar refractivity (Wildman–Crippen MR) is 61.1 cm³/mol. The smallest absolute Gasteiger partial charge is 0.162 e. The maximum atomic E-state index is 9.85. The quantitative estimate of drug-likeness (QED) is 0.783. The summed E-state index contributed by atoms with van der Waals surface area (Å²) in [5.74, 6) is 0.656. The van der Waals surface area contributed by atoms with Gasteiger partial charge in [-0.05, 0) is 12.5 Å². The second-order valence-electron chi connectivity index (χ2n) is 3.65. The molecule has 0 aromatic heterocycles. The van der Waals surface area contributed by atoms with E-state index in [1.54, 1.807) is 6.07 Å². The third kappa shape index (κ3) is 2.86. The van der Waals surface area contributed by atoms with E-state index in [2.05, 4.69) is 6.92 Å². The number of phenolic OH excluding ortho intramolecular Hbond substituents is 1. The van der Waals surface area contributed by atoms with Gasteiger partial charge in [-0.25, -0.2) is 0 Å². The molecule has 0 radical (unpaired) electrons. The number of nitrogens with two attached hydrogens (primary N) is 1. The molecule has 1 aromatic rings. The van der Waals surface area contributed by atoms with Gasteiger partial charge in [-0.2, -0.15) is 0 Å². The molecule has 0 aliphatic heterocycles. The molecule has 1 atom stereocenters. The normalized spacial score (nSPS) is 12.5. The summed E-state index contributed by atoms with van der Waals surface area (Å²) in [4.78, 5) is 0. The van der Waals surface area contributed by atoms with Crippen LogP contribution in [0.25, 0.3) is 0 Å². The van der Waals surface area contributed by atoms with Crippen LogP contribution in [0.1, 0.15) is 37.8 Å². The lowest BCUT2D eigenvalue weighted by atomic mass is 10.0. The molecule has 0 bridgehead atoms. The molecule has 0 saturated heterocycles. The lowest BCUT2D eigenvalue weighted by molar-refractivity contribution is 0.367. The molecular weight excluding hydrogens is 190 g/mol. The van der Waals surface area contributed by atoms with E-state index in [4.69, 9.17) is 10.5 Å². The molecule has 1 aromatic carbocycles. The van der Waals surface area contributed by atoms with Crippen molar-refractivity contribution in [3.63, 3.8) is 0 Å². The van der Waals surface area contributed by atoms with E-state index >= 15 is 0 Å². The zero-order valence-electron chi connectivity index (χ0n) is 9.36. The zero-order valence-corrected chi connectivity index (χ0v) is 9.36. The molecule has 1 rings (SSSR count). The van der Waals surface area contributed by atoms with Crippen molar-refractivity contribution >= 4 is 0 Å². The molecule has 0 saturated carbocycles. The molecular formula is C12H19NO2. The van der Waals surface area contributed by atoms with E-state index in [9.17, 15) is 5.11 Å². The summed E-state index contributed by atoms with van der Waals surface area (Å²) in [7, 11) is 1.54. The lowest BCUT2D eigenvalue weighted by Crippen LogP contribution is -2.10. The Morgan fingerprint density at radius 1 is 1.47 bits per heavy atom. The fourth-order valence-electron chi connectivity index (χ4n) is 1.58. The number of aromatic hydroxyl groups is 1. The number of phenols is 1. The molecule has 0 heterocycles. The van der Waals surface area contributed by atoms with Crippen LogP contribution in [0.5, 0.6) is 11.5 Å². The molecule has 0 fully saturated rings. The van der Waals surface area contributed by atoms with Crippen LogP contribution in [0, 0.1) is 0 Å². The highest BCUT2D eigenvalue weighted by atomic mass is 16.5. The van der Waals surface area contributed by atoms with Crippen LogP contribution < -0.4 is 10.5 Å². The molecule has 0 aliphatic carbocycles. The molecule has 84 valence electrons. The first-order chi connectivity index (χ1) is 7.20. The molecule has 3 heteroatoms. The summed E-state index contributed by atoms with van der Waals surface area (Å²) in [6, 6.07) is 5.31. The van der Waals surface area contributed by atoms with E-state index in [-0.39, 0.29) is 11.8 Å². The van der Waals surface area contributed by atoms with Gasteiger partial charge in [0.05, 0.1) is 7.11 Å². The Bertz CT molecular complexity index is 312. The summed E-state index contributed by atoms with van der Waals surface area (Å²) in [6.45, 7) is 2.12. The van der Waals surface area contributed by atoms with Crippen LogP contribution in [0.15, 0.2) is 18.2 Å². The van der Waals surface area contributed by atoms with Crippen molar-refractivity contribution in [2.24, 2.45) is 5.73 Å². The minimum absolute atomic E-state index is 0.111. The average molecular weight is 209 g/mol. The monoisotopic (exact) mass is 209 g/mol. The van der Waals surface area contributed by atoms with Gasteiger partial charge in [0.1, 0.15) is 0 Å². The van der Waals surface area contributed by atoms with Gasteiger partial charge in [0.2, 0.25) is 0 Å². The molecule has 0 unspecified atom stereocenters. The summed E-state index contributed by atoms with van der Waals surface area (Å²) < 4.78 is 5.03. The van der Waals surface area contributed by atoms with E-state index in [0.717, 1.165) is 24.8 Å². The number of ether oxygens (including phenoxy) is 1. The molecule has 3 nitrogen and oxygen atoms in total. The number of para-hydroxylation sites is 1. The van der Waals surface area contributed by atoms with Crippen molar-refractivity contribution in [3.05, 3.63) is 23.8 Å². The summed E-state index contributed by atoms with van der Waals surface area (Å²) >= 11 is 0. The Balaban J connectivity index is 2.83. The van der Waals surface area contributed by atoms with Crippen molar-refractivity contribution in [1.82, 2.24) is 0 Å². The maximum Gasteiger partial charge on any atom is 0.162 e. The minimum Gasteiger partial charge on any atom is -0.504 e. The van der Waals surface area contributed by atoms with Crippen LogP contribution in [-0.2, 0) is 0 Å². The summed E-state index contributed by atoms with van der Waals surface area (Å²) in [5.41, 5.74) is 6.76. The number of methoxy groups -OCH3 is 1. The van der Waals surface area contributed by atoms with Crippen molar-refractivity contribution in [2.45, 2.75) is 32.2 Å². The summed E-state index contributed by atoms with van der Waals surface area (Å²) in [6.07, 6.45) is 3.06. The maximum absolute atomic E-state index is 9.85. The second-order valence-corrected chi connectivity index (χ2v) is 3.65. The first-order valence-corrected chi connectivity index (χ1v) is 5.32. The Hall–Kier alpha value is -1.22. The Kier molecular flexibility index (Phi) is 4.43. The zero-order chi connectivity index (χ0) is 11.3. The van der Waals surface area contributed by atoms with E-state index in [1.807, 2.05) is 12.1 Å². The lowest BCUT2D eigenvalue weighted by Gasteiger charge is -2.14. The van der Waals surface area contributed by atoms with Crippen molar-refractivity contribution in [3.8, 4) is 11.5 Å². The van der Waals surface area contributed by atoms with Gasteiger partial charge in [-0.3, -0.25) is 0 Å². The first-order valence-electron chi connectivity index (χ1n) is 5.32. The van der Waals surface area contributed by atoms with Crippen molar-refractivity contribution in [2.75, 3.05) is 7.11 Å². The standard InChI is InChI=1S/C12H19NO2/c1-3-4-7-10(13)9-6-5-8-11(15-2)12(9)14/h5-6,8,10,14H,3-4,7,13H2,1-2H3/t10-/m1/s1. The Labute approximate surface area is 90.9 Å².